The molecule has 1 aromatic carbocycles. The smallest absolute Gasteiger partial charge is 0.261 e. The molecule has 134 valence electrons. The normalized spacial score (nSPS) is 20.1. The fourth-order valence-electron chi connectivity index (χ4n) is 3.65. The molecule has 0 radical (unpaired) electrons. The number of benzene rings is 1. The molecule has 3 amide bonds. The lowest BCUT2D eigenvalue weighted by Gasteiger charge is -2.32. The zero-order chi connectivity index (χ0) is 17.8. The first-order valence-corrected chi connectivity index (χ1v) is 8.83. The van der Waals surface area contributed by atoms with Crippen LogP contribution in [0.2, 0.25) is 0 Å². The van der Waals surface area contributed by atoms with Crippen LogP contribution in [0, 0.1) is 5.92 Å². The van der Waals surface area contributed by atoms with Gasteiger partial charge in [-0.15, -0.1) is 0 Å². The lowest BCUT2D eigenvalue weighted by Crippen LogP contribution is -2.41. The second-order valence-corrected chi connectivity index (χ2v) is 6.71. The van der Waals surface area contributed by atoms with E-state index in [-0.39, 0.29) is 24.3 Å². The van der Waals surface area contributed by atoms with E-state index in [4.69, 9.17) is 4.74 Å². The Bertz CT molecular complexity index is 636. The second-order valence-electron chi connectivity index (χ2n) is 6.71. The van der Waals surface area contributed by atoms with Gasteiger partial charge in [0, 0.05) is 33.2 Å². The van der Waals surface area contributed by atoms with E-state index in [1.54, 1.807) is 31.4 Å². The zero-order valence-corrected chi connectivity index (χ0v) is 14.6. The number of methoxy groups -OCH3 is 1. The molecule has 1 aromatic rings. The highest BCUT2D eigenvalue weighted by molar-refractivity contribution is 6.21. The predicted octanol–water partition coefficient (Wildman–Crippen LogP) is 1.95. The van der Waals surface area contributed by atoms with E-state index in [1.165, 1.54) is 4.90 Å². The molecule has 6 heteroatoms. The van der Waals surface area contributed by atoms with Crippen molar-refractivity contribution in [3.05, 3.63) is 35.4 Å². The van der Waals surface area contributed by atoms with E-state index in [0.29, 0.717) is 36.5 Å². The molecule has 0 bridgehead atoms. The number of nitrogens with zero attached hydrogens (tertiary/aromatic N) is 2. The second kappa shape index (κ2) is 7.78. The summed E-state index contributed by atoms with van der Waals surface area (Å²) in [5.41, 5.74) is 0.912. The van der Waals surface area contributed by atoms with Crippen molar-refractivity contribution in [2.75, 3.05) is 33.4 Å². The fourth-order valence-corrected chi connectivity index (χ4v) is 3.65. The van der Waals surface area contributed by atoms with Crippen LogP contribution in [-0.2, 0) is 9.53 Å². The number of carbonyl (C=O) groups is 3. The maximum atomic E-state index is 12.4. The third-order valence-electron chi connectivity index (χ3n) is 4.92. The third kappa shape index (κ3) is 3.74. The van der Waals surface area contributed by atoms with Gasteiger partial charge in [-0.25, -0.2) is 0 Å². The van der Waals surface area contributed by atoms with Gasteiger partial charge < -0.3 is 9.64 Å². The molecule has 0 aromatic heterocycles. The summed E-state index contributed by atoms with van der Waals surface area (Å²) in [7, 11) is 1.68. The minimum Gasteiger partial charge on any atom is -0.384 e. The molecule has 0 spiro atoms. The Morgan fingerprint density at radius 1 is 1.20 bits per heavy atom. The standard InChI is InChI=1S/C19H24N2O4/c1-25-13-14-6-4-10-20(12-14)17(22)9-5-11-21-18(23)15-7-2-3-8-16(15)19(21)24/h2-3,7-8,14H,4-6,9-13H2,1H3. The minimum absolute atomic E-state index is 0.0948. The lowest BCUT2D eigenvalue weighted by molar-refractivity contribution is -0.133. The Morgan fingerprint density at radius 3 is 2.52 bits per heavy atom. The highest BCUT2D eigenvalue weighted by atomic mass is 16.5. The number of carbonyl (C=O) groups excluding carboxylic acids is 3. The number of piperidine rings is 1. The van der Waals surface area contributed by atoms with Crippen LogP contribution >= 0.6 is 0 Å². The molecule has 3 rings (SSSR count). The molecule has 6 nitrogen and oxygen atoms in total. The highest BCUT2D eigenvalue weighted by Gasteiger charge is 2.34. The first-order chi connectivity index (χ1) is 12.1. The summed E-state index contributed by atoms with van der Waals surface area (Å²) < 4.78 is 5.19. The van der Waals surface area contributed by atoms with Crippen LogP contribution < -0.4 is 0 Å². The van der Waals surface area contributed by atoms with Crippen molar-refractivity contribution in [1.29, 1.82) is 0 Å². The summed E-state index contributed by atoms with van der Waals surface area (Å²) in [6, 6.07) is 6.85. The Balaban J connectivity index is 1.49. The molecule has 0 aliphatic carbocycles. The number of amides is 3. The van der Waals surface area contributed by atoms with E-state index in [1.807, 2.05) is 4.90 Å². The van der Waals surface area contributed by atoms with Crippen molar-refractivity contribution in [3.8, 4) is 0 Å². The Labute approximate surface area is 147 Å². The molecule has 0 saturated carbocycles. The average molecular weight is 344 g/mol. The molecule has 1 atom stereocenters. The van der Waals surface area contributed by atoms with Gasteiger partial charge in [0.05, 0.1) is 17.7 Å². The van der Waals surface area contributed by atoms with Crippen molar-refractivity contribution in [2.45, 2.75) is 25.7 Å². The molecular weight excluding hydrogens is 320 g/mol. The number of hydrogen-bond donors (Lipinski definition) is 0. The van der Waals surface area contributed by atoms with E-state index in [9.17, 15) is 14.4 Å². The first kappa shape index (κ1) is 17.6. The van der Waals surface area contributed by atoms with Crippen LogP contribution in [0.4, 0.5) is 0 Å². The summed E-state index contributed by atoms with van der Waals surface area (Å²) in [6.45, 7) is 2.48. The maximum absolute atomic E-state index is 12.4. The van der Waals surface area contributed by atoms with Crippen molar-refractivity contribution < 1.29 is 19.1 Å². The number of rotatable bonds is 6. The summed E-state index contributed by atoms with van der Waals surface area (Å²) in [5, 5.41) is 0. The predicted molar refractivity (Wildman–Crippen MR) is 92.2 cm³/mol. The van der Waals surface area contributed by atoms with Gasteiger partial charge in [-0.05, 0) is 37.3 Å². The van der Waals surface area contributed by atoms with Gasteiger partial charge in [-0.1, -0.05) is 12.1 Å². The van der Waals surface area contributed by atoms with E-state index in [2.05, 4.69) is 0 Å². The molecule has 1 saturated heterocycles. The van der Waals surface area contributed by atoms with Crippen LogP contribution in [0.5, 0.6) is 0 Å². The Morgan fingerprint density at radius 2 is 1.88 bits per heavy atom. The van der Waals surface area contributed by atoms with E-state index >= 15 is 0 Å². The highest BCUT2D eigenvalue weighted by Crippen LogP contribution is 2.23. The molecule has 0 N–H and O–H groups in total. The van der Waals surface area contributed by atoms with Gasteiger partial charge in [0.2, 0.25) is 5.91 Å². The molecule has 2 aliphatic rings. The largest absolute Gasteiger partial charge is 0.384 e. The van der Waals surface area contributed by atoms with Gasteiger partial charge >= 0.3 is 0 Å². The number of hydrogen-bond acceptors (Lipinski definition) is 4. The number of likely N-dealkylation sites (tertiary alicyclic amines) is 1. The Hall–Kier alpha value is -2.21. The van der Waals surface area contributed by atoms with Gasteiger partial charge in [-0.2, -0.15) is 0 Å². The van der Waals surface area contributed by atoms with Crippen molar-refractivity contribution in [3.63, 3.8) is 0 Å². The minimum atomic E-state index is -0.258. The van der Waals surface area contributed by atoms with Crippen molar-refractivity contribution >= 4 is 17.7 Å². The van der Waals surface area contributed by atoms with Crippen LogP contribution in [0.15, 0.2) is 24.3 Å². The summed E-state index contributed by atoms with van der Waals surface area (Å²) in [4.78, 5) is 40.1. The van der Waals surface area contributed by atoms with E-state index < -0.39 is 0 Å². The SMILES string of the molecule is COCC1CCCN(C(=O)CCCN2C(=O)c3ccccc3C2=O)C1. The fraction of sp³-hybridized carbons (Fsp3) is 0.526. The zero-order valence-electron chi connectivity index (χ0n) is 14.6. The molecular formula is C19H24N2O4. The number of imide groups is 1. The quantitative estimate of drug-likeness (QED) is 0.740. The van der Waals surface area contributed by atoms with Crippen LogP contribution in [0.1, 0.15) is 46.4 Å². The van der Waals surface area contributed by atoms with E-state index in [0.717, 1.165) is 25.9 Å². The Kier molecular flexibility index (Phi) is 5.48. The summed E-state index contributed by atoms with van der Waals surface area (Å²) >= 11 is 0. The molecule has 2 aliphatic heterocycles. The maximum Gasteiger partial charge on any atom is 0.261 e. The number of fused-ring (bicyclic) bond motifs is 1. The van der Waals surface area contributed by atoms with Gasteiger partial charge in [0.15, 0.2) is 0 Å². The van der Waals surface area contributed by atoms with Crippen LogP contribution in [0.3, 0.4) is 0 Å². The molecule has 25 heavy (non-hydrogen) atoms. The van der Waals surface area contributed by atoms with Gasteiger partial charge in [-0.3, -0.25) is 19.3 Å². The monoisotopic (exact) mass is 344 g/mol. The topological polar surface area (TPSA) is 66.9 Å². The average Bonchev–Trinajstić information content (AvgIpc) is 2.87. The molecule has 1 unspecified atom stereocenters. The third-order valence-corrected chi connectivity index (χ3v) is 4.92. The summed E-state index contributed by atoms with van der Waals surface area (Å²) in [6.07, 6.45) is 2.94. The van der Waals surface area contributed by atoms with Gasteiger partial charge in [0.25, 0.3) is 11.8 Å². The number of ether oxygens (including phenoxy) is 1. The van der Waals surface area contributed by atoms with Crippen LogP contribution in [0.25, 0.3) is 0 Å². The van der Waals surface area contributed by atoms with Crippen molar-refractivity contribution in [1.82, 2.24) is 9.80 Å². The van der Waals surface area contributed by atoms with Gasteiger partial charge in [0.1, 0.15) is 0 Å². The molecule has 2 heterocycles. The van der Waals surface area contributed by atoms with Crippen molar-refractivity contribution in [2.24, 2.45) is 5.92 Å². The lowest BCUT2D eigenvalue weighted by atomic mass is 9.98. The molecule has 1 fully saturated rings. The van der Waals surface area contributed by atoms with Crippen LogP contribution in [-0.4, -0.2) is 60.9 Å². The first-order valence-electron chi connectivity index (χ1n) is 8.83. The summed E-state index contributed by atoms with van der Waals surface area (Å²) in [5.74, 6) is -0.0197.